The molecule has 1 aromatic carbocycles. The van der Waals surface area contributed by atoms with Gasteiger partial charge >= 0.3 is 0 Å². The highest BCUT2D eigenvalue weighted by Gasteiger charge is 2.11. The Hall–Kier alpha value is -1.83. The topological polar surface area (TPSA) is 26.3 Å². The molecule has 1 aromatic rings. The normalized spacial score (nSPS) is 18.4. The summed E-state index contributed by atoms with van der Waals surface area (Å²) in [4.78, 5) is 11.7. The van der Waals surface area contributed by atoms with Crippen molar-refractivity contribution in [2.45, 2.75) is 32.3 Å². The summed E-state index contributed by atoms with van der Waals surface area (Å²) in [6.07, 6.45) is 7.81. The number of carbonyl (C=O) groups is 1. The van der Waals surface area contributed by atoms with Gasteiger partial charge in [0.2, 0.25) is 0 Å². The summed E-state index contributed by atoms with van der Waals surface area (Å²) in [6, 6.07) is 7.27. The van der Waals surface area contributed by atoms with Crippen LogP contribution in [0.1, 0.15) is 36.5 Å². The molecule has 2 rings (SSSR count). The van der Waals surface area contributed by atoms with Crippen molar-refractivity contribution >= 4 is 5.78 Å². The molecule has 94 valence electrons. The van der Waals surface area contributed by atoms with Crippen LogP contribution in [-0.2, 0) is 0 Å². The minimum absolute atomic E-state index is 0.0147. The van der Waals surface area contributed by atoms with Crippen molar-refractivity contribution in [3.63, 3.8) is 0 Å². The van der Waals surface area contributed by atoms with Gasteiger partial charge in [-0.25, -0.2) is 0 Å². The van der Waals surface area contributed by atoms with Crippen LogP contribution in [-0.4, -0.2) is 11.9 Å². The maximum absolute atomic E-state index is 11.7. The molecule has 1 aliphatic carbocycles. The van der Waals surface area contributed by atoms with E-state index in [2.05, 4.69) is 18.7 Å². The van der Waals surface area contributed by atoms with Gasteiger partial charge in [0.25, 0.3) is 0 Å². The molecule has 2 nitrogen and oxygen atoms in total. The largest absolute Gasteiger partial charge is 0.486 e. The zero-order valence-corrected chi connectivity index (χ0v) is 10.7. The van der Waals surface area contributed by atoms with Crippen LogP contribution >= 0.6 is 0 Å². The Morgan fingerprint density at radius 1 is 1.33 bits per heavy atom. The molecule has 0 aliphatic heterocycles. The molecule has 0 heterocycles. The van der Waals surface area contributed by atoms with Crippen molar-refractivity contribution < 1.29 is 9.53 Å². The van der Waals surface area contributed by atoms with Crippen molar-refractivity contribution in [1.29, 1.82) is 0 Å². The van der Waals surface area contributed by atoms with E-state index < -0.39 is 0 Å². The van der Waals surface area contributed by atoms with Crippen LogP contribution in [0.5, 0.6) is 5.75 Å². The SMILES string of the molecule is C=C(C)C(=O)c1ccc(OC2C=CCCC2)cc1. The number of carbonyl (C=O) groups excluding carboxylic acids is 1. The molecule has 1 atom stereocenters. The highest BCUT2D eigenvalue weighted by atomic mass is 16.5. The van der Waals surface area contributed by atoms with E-state index in [0.29, 0.717) is 11.1 Å². The summed E-state index contributed by atoms with van der Waals surface area (Å²) in [6.45, 7) is 5.38. The lowest BCUT2D eigenvalue weighted by atomic mass is 10.0. The number of hydrogen-bond donors (Lipinski definition) is 0. The van der Waals surface area contributed by atoms with Gasteiger partial charge in [-0.05, 0) is 62.1 Å². The van der Waals surface area contributed by atoms with Crippen LogP contribution in [0.2, 0.25) is 0 Å². The molecule has 0 bridgehead atoms. The second-order valence-corrected chi connectivity index (χ2v) is 4.65. The first-order chi connectivity index (χ1) is 8.66. The van der Waals surface area contributed by atoms with Gasteiger partial charge < -0.3 is 4.74 Å². The zero-order valence-electron chi connectivity index (χ0n) is 10.7. The van der Waals surface area contributed by atoms with Crippen LogP contribution < -0.4 is 4.74 Å². The lowest BCUT2D eigenvalue weighted by Crippen LogP contribution is -2.15. The Kier molecular flexibility index (Phi) is 3.98. The van der Waals surface area contributed by atoms with Gasteiger partial charge in [0.05, 0.1) is 0 Å². The number of Topliss-reactive ketones (excluding diaryl/α,β-unsaturated/α-hetero) is 1. The highest BCUT2D eigenvalue weighted by Crippen LogP contribution is 2.20. The third kappa shape index (κ3) is 3.10. The van der Waals surface area contributed by atoms with Crippen LogP contribution in [0.25, 0.3) is 0 Å². The van der Waals surface area contributed by atoms with Crippen LogP contribution in [0, 0.1) is 0 Å². The molecule has 0 saturated heterocycles. The van der Waals surface area contributed by atoms with E-state index in [4.69, 9.17) is 4.74 Å². The minimum atomic E-state index is -0.0147. The van der Waals surface area contributed by atoms with Crippen molar-refractivity contribution in [1.82, 2.24) is 0 Å². The van der Waals surface area contributed by atoms with Crippen LogP contribution in [0.3, 0.4) is 0 Å². The van der Waals surface area contributed by atoms with Gasteiger partial charge in [-0.1, -0.05) is 12.7 Å². The second kappa shape index (κ2) is 5.67. The van der Waals surface area contributed by atoms with E-state index in [9.17, 15) is 4.79 Å². The highest BCUT2D eigenvalue weighted by molar-refractivity contribution is 6.07. The fourth-order valence-electron chi connectivity index (χ4n) is 1.99. The first-order valence-electron chi connectivity index (χ1n) is 6.30. The fraction of sp³-hybridized carbons (Fsp3) is 0.312. The molecular formula is C16H18O2. The molecule has 18 heavy (non-hydrogen) atoms. The summed E-state index contributed by atoms with van der Waals surface area (Å²) < 4.78 is 5.83. The molecule has 2 heteroatoms. The molecule has 0 spiro atoms. The summed E-state index contributed by atoms with van der Waals surface area (Å²) in [5, 5.41) is 0. The molecule has 0 saturated carbocycles. The molecule has 0 N–H and O–H groups in total. The maximum Gasteiger partial charge on any atom is 0.188 e. The standard InChI is InChI=1S/C16H18O2/c1-12(2)16(17)13-8-10-15(11-9-13)18-14-6-4-3-5-7-14/h4,6,8-11,14H,1,3,5,7H2,2H3. The van der Waals surface area contributed by atoms with Crippen molar-refractivity contribution in [3.8, 4) is 5.75 Å². The third-order valence-corrected chi connectivity index (χ3v) is 3.00. The van der Waals surface area contributed by atoms with Crippen molar-refractivity contribution in [2.75, 3.05) is 0 Å². The molecule has 0 fully saturated rings. The van der Waals surface area contributed by atoms with Gasteiger partial charge in [0, 0.05) is 5.56 Å². The predicted octanol–water partition coefficient (Wildman–Crippen LogP) is 3.93. The average Bonchev–Trinajstić information content (AvgIpc) is 2.40. The van der Waals surface area contributed by atoms with E-state index >= 15 is 0 Å². The summed E-state index contributed by atoms with van der Waals surface area (Å²) >= 11 is 0. The molecule has 1 aliphatic rings. The van der Waals surface area contributed by atoms with Crippen LogP contribution in [0.15, 0.2) is 48.6 Å². The van der Waals surface area contributed by atoms with E-state index in [1.807, 2.05) is 12.1 Å². The quantitative estimate of drug-likeness (QED) is 0.454. The third-order valence-electron chi connectivity index (χ3n) is 3.00. The van der Waals surface area contributed by atoms with E-state index in [1.165, 1.54) is 6.42 Å². The van der Waals surface area contributed by atoms with E-state index in [0.717, 1.165) is 18.6 Å². The lowest BCUT2D eigenvalue weighted by Gasteiger charge is -2.18. The fourth-order valence-corrected chi connectivity index (χ4v) is 1.99. The van der Waals surface area contributed by atoms with Crippen molar-refractivity contribution in [3.05, 3.63) is 54.1 Å². The average molecular weight is 242 g/mol. The second-order valence-electron chi connectivity index (χ2n) is 4.65. The summed E-state index contributed by atoms with van der Waals surface area (Å²) in [7, 11) is 0. The smallest absolute Gasteiger partial charge is 0.188 e. The lowest BCUT2D eigenvalue weighted by molar-refractivity contribution is 0.103. The molecule has 1 unspecified atom stereocenters. The van der Waals surface area contributed by atoms with Gasteiger partial charge in [0.1, 0.15) is 11.9 Å². The van der Waals surface area contributed by atoms with Crippen molar-refractivity contribution in [2.24, 2.45) is 0 Å². The number of benzene rings is 1. The minimum Gasteiger partial charge on any atom is -0.486 e. The van der Waals surface area contributed by atoms with Gasteiger partial charge in [-0.15, -0.1) is 0 Å². The Bertz CT molecular complexity index is 468. The summed E-state index contributed by atoms with van der Waals surface area (Å²) in [5.74, 6) is 0.795. The number of hydrogen-bond acceptors (Lipinski definition) is 2. The Morgan fingerprint density at radius 2 is 2.06 bits per heavy atom. The Morgan fingerprint density at radius 3 is 2.61 bits per heavy atom. The first-order valence-corrected chi connectivity index (χ1v) is 6.30. The zero-order chi connectivity index (χ0) is 13.0. The number of rotatable bonds is 4. The predicted molar refractivity (Wildman–Crippen MR) is 73.0 cm³/mol. The van der Waals surface area contributed by atoms with E-state index in [-0.39, 0.29) is 11.9 Å². The Balaban J connectivity index is 2.03. The van der Waals surface area contributed by atoms with Crippen LogP contribution in [0.4, 0.5) is 0 Å². The monoisotopic (exact) mass is 242 g/mol. The number of ketones is 1. The summed E-state index contributed by atoms with van der Waals surface area (Å²) in [5.41, 5.74) is 1.22. The molecule has 0 aromatic heterocycles. The van der Waals surface area contributed by atoms with Gasteiger partial charge in [0.15, 0.2) is 5.78 Å². The Labute approximate surface area is 108 Å². The molecule has 0 amide bonds. The van der Waals surface area contributed by atoms with Gasteiger partial charge in [-0.3, -0.25) is 4.79 Å². The van der Waals surface area contributed by atoms with E-state index in [1.54, 1.807) is 19.1 Å². The number of allylic oxidation sites excluding steroid dienone is 2. The molecule has 0 radical (unpaired) electrons. The number of ether oxygens (including phenoxy) is 1. The molecular weight excluding hydrogens is 224 g/mol. The maximum atomic E-state index is 11.7. The first kappa shape index (κ1) is 12.6. The van der Waals surface area contributed by atoms with Gasteiger partial charge in [-0.2, -0.15) is 0 Å².